The SMILES string of the molecule is Oc1cccc(C(F)C2CCCSC2)c1. The van der Waals surface area contributed by atoms with Crippen molar-refractivity contribution in [2.75, 3.05) is 11.5 Å². The van der Waals surface area contributed by atoms with E-state index in [1.807, 2.05) is 11.8 Å². The standard InChI is InChI=1S/C12H15FOS/c13-12(10-4-2-6-15-8-10)9-3-1-5-11(14)7-9/h1,3,5,7,10,12,14H,2,4,6,8H2. The molecular weight excluding hydrogens is 211 g/mol. The largest absolute Gasteiger partial charge is 0.508 e. The van der Waals surface area contributed by atoms with Gasteiger partial charge < -0.3 is 5.11 Å². The minimum atomic E-state index is -0.926. The molecule has 0 aliphatic carbocycles. The molecule has 3 heteroatoms. The van der Waals surface area contributed by atoms with Gasteiger partial charge in [-0.25, -0.2) is 4.39 Å². The maximum atomic E-state index is 14.1. The minimum Gasteiger partial charge on any atom is -0.508 e. The van der Waals surface area contributed by atoms with E-state index in [9.17, 15) is 9.50 Å². The van der Waals surface area contributed by atoms with Crippen molar-refractivity contribution in [3.8, 4) is 5.75 Å². The van der Waals surface area contributed by atoms with Gasteiger partial charge >= 0.3 is 0 Å². The Morgan fingerprint density at radius 2 is 2.33 bits per heavy atom. The van der Waals surface area contributed by atoms with Crippen molar-refractivity contribution in [2.24, 2.45) is 5.92 Å². The molecule has 2 rings (SSSR count). The first-order valence-electron chi connectivity index (χ1n) is 5.28. The van der Waals surface area contributed by atoms with Crippen LogP contribution in [0.5, 0.6) is 5.75 Å². The van der Waals surface area contributed by atoms with Gasteiger partial charge in [0.25, 0.3) is 0 Å². The summed E-state index contributed by atoms with van der Waals surface area (Å²) in [7, 11) is 0. The van der Waals surface area contributed by atoms with Crippen LogP contribution in [0.2, 0.25) is 0 Å². The van der Waals surface area contributed by atoms with Crippen molar-refractivity contribution >= 4 is 11.8 Å². The Hall–Kier alpha value is -0.700. The molecule has 0 spiro atoms. The lowest BCUT2D eigenvalue weighted by atomic mass is 9.94. The van der Waals surface area contributed by atoms with Gasteiger partial charge in [0.1, 0.15) is 11.9 Å². The number of phenols is 1. The van der Waals surface area contributed by atoms with Crippen LogP contribution in [-0.4, -0.2) is 16.6 Å². The van der Waals surface area contributed by atoms with Gasteiger partial charge in [0.2, 0.25) is 0 Å². The van der Waals surface area contributed by atoms with Gasteiger partial charge in [0.05, 0.1) is 0 Å². The lowest BCUT2D eigenvalue weighted by Crippen LogP contribution is -2.16. The Balaban J connectivity index is 2.08. The number of hydrogen-bond acceptors (Lipinski definition) is 2. The van der Waals surface area contributed by atoms with Gasteiger partial charge in [-0.3, -0.25) is 0 Å². The van der Waals surface area contributed by atoms with Crippen LogP contribution >= 0.6 is 11.8 Å². The van der Waals surface area contributed by atoms with E-state index in [1.54, 1.807) is 18.2 Å². The number of aromatic hydroxyl groups is 1. The second-order valence-corrected chi connectivity index (χ2v) is 5.12. The third-order valence-electron chi connectivity index (χ3n) is 2.80. The van der Waals surface area contributed by atoms with Crippen molar-refractivity contribution in [1.82, 2.24) is 0 Å². The van der Waals surface area contributed by atoms with E-state index in [0.29, 0.717) is 5.56 Å². The van der Waals surface area contributed by atoms with Gasteiger partial charge in [-0.1, -0.05) is 12.1 Å². The molecule has 2 unspecified atom stereocenters. The summed E-state index contributed by atoms with van der Waals surface area (Å²) in [5.41, 5.74) is 0.613. The predicted octanol–water partition coefficient (Wildman–Crippen LogP) is 3.55. The summed E-state index contributed by atoms with van der Waals surface area (Å²) in [6.07, 6.45) is 1.14. The van der Waals surface area contributed by atoms with Crippen molar-refractivity contribution in [3.63, 3.8) is 0 Å². The number of rotatable bonds is 2. The van der Waals surface area contributed by atoms with E-state index in [4.69, 9.17) is 0 Å². The molecule has 1 nitrogen and oxygen atoms in total. The summed E-state index contributed by atoms with van der Waals surface area (Å²) in [4.78, 5) is 0. The number of hydrogen-bond donors (Lipinski definition) is 1. The van der Waals surface area contributed by atoms with Crippen molar-refractivity contribution in [2.45, 2.75) is 19.0 Å². The van der Waals surface area contributed by atoms with Gasteiger partial charge in [-0.05, 0) is 42.0 Å². The van der Waals surface area contributed by atoms with E-state index in [1.165, 1.54) is 6.07 Å². The molecule has 1 aromatic carbocycles. The molecule has 1 N–H and O–H groups in total. The molecule has 1 fully saturated rings. The highest BCUT2D eigenvalue weighted by Crippen LogP contribution is 2.36. The fourth-order valence-corrected chi connectivity index (χ4v) is 3.14. The zero-order valence-corrected chi connectivity index (χ0v) is 9.34. The van der Waals surface area contributed by atoms with Crippen LogP contribution in [0.1, 0.15) is 24.6 Å². The molecule has 1 saturated heterocycles. The molecule has 15 heavy (non-hydrogen) atoms. The molecule has 1 aliphatic rings. The summed E-state index contributed by atoms with van der Waals surface area (Å²) in [6.45, 7) is 0. The van der Waals surface area contributed by atoms with Gasteiger partial charge in [0, 0.05) is 5.92 Å². The smallest absolute Gasteiger partial charge is 0.129 e. The monoisotopic (exact) mass is 226 g/mol. The highest BCUT2D eigenvalue weighted by Gasteiger charge is 2.25. The van der Waals surface area contributed by atoms with Gasteiger partial charge in [-0.15, -0.1) is 0 Å². The number of phenolic OH excluding ortho intramolecular Hbond substituents is 1. The second-order valence-electron chi connectivity index (χ2n) is 3.97. The van der Waals surface area contributed by atoms with E-state index < -0.39 is 6.17 Å². The van der Waals surface area contributed by atoms with Crippen LogP contribution in [0.25, 0.3) is 0 Å². The summed E-state index contributed by atoms with van der Waals surface area (Å²) in [5, 5.41) is 9.29. The first-order valence-corrected chi connectivity index (χ1v) is 6.43. The van der Waals surface area contributed by atoms with E-state index in [0.717, 1.165) is 24.3 Å². The fourth-order valence-electron chi connectivity index (χ4n) is 1.96. The van der Waals surface area contributed by atoms with Crippen LogP contribution in [-0.2, 0) is 0 Å². The zero-order valence-electron chi connectivity index (χ0n) is 8.53. The van der Waals surface area contributed by atoms with E-state index in [2.05, 4.69) is 0 Å². The second kappa shape index (κ2) is 4.88. The first-order chi connectivity index (χ1) is 7.27. The third kappa shape index (κ3) is 2.65. The Kier molecular flexibility index (Phi) is 3.52. The Morgan fingerprint density at radius 3 is 3.00 bits per heavy atom. The van der Waals surface area contributed by atoms with Gasteiger partial charge in [0.15, 0.2) is 0 Å². The normalized spacial score (nSPS) is 23.7. The van der Waals surface area contributed by atoms with E-state index >= 15 is 0 Å². The summed E-state index contributed by atoms with van der Waals surface area (Å²) in [6, 6.07) is 6.56. The lowest BCUT2D eigenvalue weighted by Gasteiger charge is -2.24. The average Bonchev–Trinajstić information content (AvgIpc) is 2.29. The van der Waals surface area contributed by atoms with Crippen LogP contribution in [0, 0.1) is 5.92 Å². The molecule has 0 amide bonds. The maximum absolute atomic E-state index is 14.1. The molecule has 0 saturated carbocycles. The Labute approximate surface area is 93.7 Å². The lowest BCUT2D eigenvalue weighted by molar-refractivity contribution is 0.235. The van der Waals surface area contributed by atoms with Crippen LogP contribution < -0.4 is 0 Å². The highest BCUT2D eigenvalue weighted by molar-refractivity contribution is 7.99. The maximum Gasteiger partial charge on any atom is 0.129 e. The summed E-state index contributed by atoms with van der Waals surface area (Å²) in [5.74, 6) is 2.32. The number of thioether (sulfide) groups is 1. The molecule has 1 heterocycles. The summed E-state index contributed by atoms with van der Waals surface area (Å²) >= 11 is 1.83. The van der Waals surface area contributed by atoms with Crippen LogP contribution in [0.4, 0.5) is 4.39 Å². The van der Waals surface area contributed by atoms with Crippen molar-refractivity contribution in [1.29, 1.82) is 0 Å². The topological polar surface area (TPSA) is 20.2 Å². The van der Waals surface area contributed by atoms with Crippen LogP contribution in [0.3, 0.4) is 0 Å². The number of benzene rings is 1. The highest BCUT2D eigenvalue weighted by atomic mass is 32.2. The quantitative estimate of drug-likeness (QED) is 0.832. The molecule has 0 aromatic heterocycles. The molecule has 1 aliphatic heterocycles. The van der Waals surface area contributed by atoms with Gasteiger partial charge in [-0.2, -0.15) is 11.8 Å². The van der Waals surface area contributed by atoms with Crippen molar-refractivity contribution in [3.05, 3.63) is 29.8 Å². The number of alkyl halides is 1. The summed E-state index contributed by atoms with van der Waals surface area (Å²) < 4.78 is 14.1. The first kappa shape index (κ1) is 10.8. The predicted molar refractivity (Wildman–Crippen MR) is 62.0 cm³/mol. The molecule has 0 radical (unpaired) electrons. The Morgan fingerprint density at radius 1 is 1.47 bits per heavy atom. The fraction of sp³-hybridized carbons (Fsp3) is 0.500. The average molecular weight is 226 g/mol. The number of halogens is 1. The zero-order chi connectivity index (χ0) is 10.7. The molecule has 2 atom stereocenters. The molecular formula is C12H15FOS. The third-order valence-corrected chi connectivity index (χ3v) is 4.04. The minimum absolute atomic E-state index is 0.116. The van der Waals surface area contributed by atoms with Crippen molar-refractivity contribution < 1.29 is 9.50 Å². The van der Waals surface area contributed by atoms with Crippen LogP contribution in [0.15, 0.2) is 24.3 Å². The molecule has 82 valence electrons. The molecule has 0 bridgehead atoms. The van der Waals surface area contributed by atoms with E-state index in [-0.39, 0.29) is 11.7 Å². The Bertz CT molecular complexity index is 323. The molecule has 1 aromatic rings.